The first-order chi connectivity index (χ1) is 7.75. The Balaban J connectivity index is 1.70. The van der Waals surface area contributed by atoms with E-state index in [1.807, 2.05) is 31.2 Å². The van der Waals surface area contributed by atoms with Crippen LogP contribution in [0.3, 0.4) is 0 Å². The SMILES string of the molecule is CC1CN(CCSc2nccn2C)CCO1. The highest BCUT2D eigenvalue weighted by Crippen LogP contribution is 2.15. The number of thioether (sulfide) groups is 1. The molecule has 4 nitrogen and oxygen atoms in total. The highest BCUT2D eigenvalue weighted by Gasteiger charge is 2.16. The van der Waals surface area contributed by atoms with Gasteiger partial charge in [0.1, 0.15) is 0 Å². The monoisotopic (exact) mass is 241 g/mol. The molecule has 1 fully saturated rings. The summed E-state index contributed by atoms with van der Waals surface area (Å²) in [6.07, 6.45) is 4.21. The fraction of sp³-hybridized carbons (Fsp3) is 0.727. The molecule has 1 aromatic heterocycles. The van der Waals surface area contributed by atoms with Crippen molar-refractivity contribution in [2.45, 2.75) is 18.2 Å². The molecule has 5 heteroatoms. The standard InChI is InChI=1S/C11H19N3OS/c1-10-9-14(5-7-15-10)6-8-16-11-12-3-4-13(11)2/h3-4,10H,5-9H2,1-2H3. The van der Waals surface area contributed by atoms with Crippen LogP contribution in [-0.4, -0.2) is 52.5 Å². The quantitative estimate of drug-likeness (QED) is 0.742. The zero-order chi connectivity index (χ0) is 11.4. The lowest BCUT2D eigenvalue weighted by molar-refractivity contribution is -0.0158. The minimum absolute atomic E-state index is 0.381. The lowest BCUT2D eigenvalue weighted by atomic mass is 10.3. The maximum absolute atomic E-state index is 5.51. The van der Waals surface area contributed by atoms with E-state index in [1.54, 1.807) is 0 Å². The van der Waals surface area contributed by atoms with E-state index in [9.17, 15) is 0 Å². The molecule has 0 spiro atoms. The first kappa shape index (κ1) is 12.0. The summed E-state index contributed by atoms with van der Waals surface area (Å²) in [4.78, 5) is 6.76. The Kier molecular flexibility index (Phi) is 4.26. The van der Waals surface area contributed by atoms with Crippen LogP contribution in [0.25, 0.3) is 0 Å². The second-order valence-corrected chi connectivity index (χ2v) is 5.21. The fourth-order valence-electron chi connectivity index (χ4n) is 1.85. The molecule has 0 N–H and O–H groups in total. The Labute approximate surface area is 101 Å². The smallest absolute Gasteiger partial charge is 0.167 e. The molecule has 0 amide bonds. The second-order valence-electron chi connectivity index (χ2n) is 4.15. The van der Waals surface area contributed by atoms with E-state index in [0.29, 0.717) is 6.10 Å². The van der Waals surface area contributed by atoms with Crippen LogP contribution in [0.2, 0.25) is 0 Å². The number of hydrogen-bond acceptors (Lipinski definition) is 4. The van der Waals surface area contributed by atoms with E-state index in [1.165, 1.54) is 0 Å². The van der Waals surface area contributed by atoms with Crippen LogP contribution in [0.1, 0.15) is 6.92 Å². The highest BCUT2D eigenvalue weighted by molar-refractivity contribution is 7.99. The third-order valence-corrected chi connectivity index (χ3v) is 3.78. The lowest BCUT2D eigenvalue weighted by Crippen LogP contribution is -2.42. The van der Waals surface area contributed by atoms with E-state index < -0.39 is 0 Å². The summed E-state index contributed by atoms with van der Waals surface area (Å²) < 4.78 is 7.58. The Hall–Kier alpha value is -0.520. The number of aromatic nitrogens is 2. The average Bonchev–Trinajstić information content (AvgIpc) is 2.65. The van der Waals surface area contributed by atoms with Crippen molar-refractivity contribution in [3.63, 3.8) is 0 Å². The van der Waals surface area contributed by atoms with Crippen molar-refractivity contribution in [2.75, 3.05) is 32.0 Å². The average molecular weight is 241 g/mol. The van der Waals surface area contributed by atoms with Crippen LogP contribution in [-0.2, 0) is 11.8 Å². The first-order valence-electron chi connectivity index (χ1n) is 5.70. The van der Waals surface area contributed by atoms with Crippen molar-refractivity contribution in [2.24, 2.45) is 7.05 Å². The highest BCUT2D eigenvalue weighted by atomic mass is 32.2. The van der Waals surface area contributed by atoms with Crippen molar-refractivity contribution in [1.29, 1.82) is 0 Å². The molecule has 0 bridgehead atoms. The molecule has 1 aliphatic rings. The van der Waals surface area contributed by atoms with Crippen LogP contribution >= 0.6 is 11.8 Å². The van der Waals surface area contributed by atoms with Gasteiger partial charge in [-0.25, -0.2) is 4.98 Å². The van der Waals surface area contributed by atoms with Gasteiger partial charge in [-0.05, 0) is 6.92 Å². The minimum atomic E-state index is 0.381. The molecule has 1 saturated heterocycles. The summed E-state index contributed by atoms with van der Waals surface area (Å²) in [6, 6.07) is 0. The van der Waals surface area contributed by atoms with Crippen molar-refractivity contribution < 1.29 is 4.74 Å². The summed E-state index contributed by atoms with van der Waals surface area (Å²) in [7, 11) is 2.03. The minimum Gasteiger partial charge on any atom is -0.376 e. The Morgan fingerprint density at radius 3 is 3.19 bits per heavy atom. The number of morpholine rings is 1. The molecule has 2 rings (SSSR count). The summed E-state index contributed by atoms with van der Waals surface area (Å²) in [5, 5.41) is 1.10. The number of nitrogens with zero attached hydrogens (tertiary/aromatic N) is 3. The Bertz CT molecular complexity index is 329. The number of imidazole rings is 1. The molecule has 1 aliphatic heterocycles. The van der Waals surface area contributed by atoms with Gasteiger partial charge < -0.3 is 9.30 Å². The summed E-state index contributed by atoms with van der Waals surface area (Å²) in [6.45, 7) is 6.24. The van der Waals surface area contributed by atoms with Gasteiger partial charge in [0.05, 0.1) is 12.7 Å². The van der Waals surface area contributed by atoms with Gasteiger partial charge in [-0.3, -0.25) is 4.90 Å². The predicted octanol–water partition coefficient (Wildman–Crippen LogP) is 1.23. The van der Waals surface area contributed by atoms with Gasteiger partial charge >= 0.3 is 0 Å². The van der Waals surface area contributed by atoms with Gasteiger partial charge in [-0.1, -0.05) is 11.8 Å². The molecule has 0 saturated carbocycles. The maximum atomic E-state index is 5.51. The zero-order valence-electron chi connectivity index (χ0n) is 9.93. The van der Waals surface area contributed by atoms with Crippen LogP contribution in [0.5, 0.6) is 0 Å². The third kappa shape index (κ3) is 3.23. The molecule has 16 heavy (non-hydrogen) atoms. The molecular weight excluding hydrogens is 222 g/mol. The fourth-order valence-corrected chi connectivity index (χ4v) is 2.78. The van der Waals surface area contributed by atoms with Gasteiger partial charge in [0.25, 0.3) is 0 Å². The molecule has 0 aliphatic carbocycles. The molecule has 0 radical (unpaired) electrons. The Morgan fingerprint density at radius 1 is 1.62 bits per heavy atom. The summed E-state index contributed by atoms with van der Waals surface area (Å²) in [5.74, 6) is 1.09. The van der Waals surface area contributed by atoms with Crippen LogP contribution in [0.4, 0.5) is 0 Å². The van der Waals surface area contributed by atoms with Gasteiger partial charge in [0, 0.05) is 44.8 Å². The lowest BCUT2D eigenvalue weighted by Gasteiger charge is -2.30. The molecule has 1 aromatic rings. The molecule has 2 heterocycles. The summed E-state index contributed by atoms with van der Waals surface area (Å²) >= 11 is 1.82. The van der Waals surface area contributed by atoms with E-state index in [0.717, 1.165) is 37.2 Å². The van der Waals surface area contributed by atoms with E-state index in [4.69, 9.17) is 4.74 Å². The molecular formula is C11H19N3OS. The number of aryl methyl sites for hydroxylation is 1. The van der Waals surface area contributed by atoms with Crippen LogP contribution in [0, 0.1) is 0 Å². The summed E-state index contributed by atoms with van der Waals surface area (Å²) in [5.41, 5.74) is 0. The molecule has 90 valence electrons. The van der Waals surface area contributed by atoms with Crippen molar-refractivity contribution in [1.82, 2.24) is 14.5 Å². The molecule has 0 aromatic carbocycles. The maximum Gasteiger partial charge on any atom is 0.167 e. The molecule has 1 unspecified atom stereocenters. The van der Waals surface area contributed by atoms with Crippen LogP contribution < -0.4 is 0 Å². The number of rotatable bonds is 4. The van der Waals surface area contributed by atoms with Gasteiger partial charge in [0.15, 0.2) is 5.16 Å². The predicted molar refractivity (Wildman–Crippen MR) is 65.8 cm³/mol. The zero-order valence-corrected chi connectivity index (χ0v) is 10.7. The molecule has 1 atom stereocenters. The first-order valence-corrected chi connectivity index (χ1v) is 6.68. The topological polar surface area (TPSA) is 30.3 Å². The van der Waals surface area contributed by atoms with Crippen molar-refractivity contribution >= 4 is 11.8 Å². The van der Waals surface area contributed by atoms with Crippen LogP contribution in [0.15, 0.2) is 17.6 Å². The normalized spacial score (nSPS) is 22.5. The van der Waals surface area contributed by atoms with E-state index in [2.05, 4.69) is 21.4 Å². The van der Waals surface area contributed by atoms with Gasteiger partial charge in [-0.2, -0.15) is 0 Å². The number of hydrogen-bond donors (Lipinski definition) is 0. The van der Waals surface area contributed by atoms with Crippen molar-refractivity contribution in [3.8, 4) is 0 Å². The second kappa shape index (κ2) is 5.70. The van der Waals surface area contributed by atoms with Crippen molar-refractivity contribution in [3.05, 3.63) is 12.4 Å². The van der Waals surface area contributed by atoms with E-state index >= 15 is 0 Å². The Morgan fingerprint density at radius 2 is 2.50 bits per heavy atom. The van der Waals surface area contributed by atoms with Gasteiger partial charge in [0.2, 0.25) is 0 Å². The third-order valence-electron chi connectivity index (χ3n) is 2.74. The number of ether oxygens (including phenoxy) is 1. The van der Waals surface area contributed by atoms with E-state index in [-0.39, 0.29) is 0 Å². The largest absolute Gasteiger partial charge is 0.376 e. The van der Waals surface area contributed by atoms with Gasteiger partial charge in [-0.15, -0.1) is 0 Å².